The molecule has 2 unspecified atom stereocenters. The molecule has 2 aliphatic heterocycles. The van der Waals surface area contributed by atoms with E-state index in [1.54, 1.807) is 18.3 Å². The number of nitrogens with zero attached hydrogens (tertiary/aromatic N) is 2. The first-order valence-electron chi connectivity index (χ1n) is 8.15. The van der Waals surface area contributed by atoms with Gasteiger partial charge in [-0.25, -0.2) is 13.4 Å². The van der Waals surface area contributed by atoms with Crippen LogP contribution < -0.4 is 5.32 Å². The van der Waals surface area contributed by atoms with Crippen molar-refractivity contribution in [3.63, 3.8) is 0 Å². The lowest BCUT2D eigenvalue weighted by Crippen LogP contribution is -2.39. The molecule has 0 bridgehead atoms. The maximum absolute atomic E-state index is 12.6. The van der Waals surface area contributed by atoms with Crippen molar-refractivity contribution in [2.75, 3.05) is 29.9 Å². The molecule has 0 spiro atoms. The summed E-state index contributed by atoms with van der Waals surface area (Å²) in [5.74, 6) is 1.49. The fourth-order valence-corrected chi connectivity index (χ4v) is 4.99. The lowest BCUT2D eigenvalue weighted by Gasteiger charge is -2.31. The Bertz CT molecular complexity index is 690. The van der Waals surface area contributed by atoms with Gasteiger partial charge in [-0.05, 0) is 37.3 Å². The van der Waals surface area contributed by atoms with Crippen molar-refractivity contribution in [1.82, 2.24) is 9.88 Å². The number of likely N-dealkylation sites (tertiary alicyclic amines) is 1. The number of anilines is 1. The highest BCUT2D eigenvalue weighted by atomic mass is 32.2. The van der Waals surface area contributed by atoms with Gasteiger partial charge >= 0.3 is 0 Å². The lowest BCUT2D eigenvalue weighted by molar-refractivity contribution is 0.0683. The number of aromatic nitrogens is 1. The summed E-state index contributed by atoms with van der Waals surface area (Å²) in [6.45, 7) is 3.76. The van der Waals surface area contributed by atoms with Gasteiger partial charge in [-0.2, -0.15) is 0 Å². The van der Waals surface area contributed by atoms with E-state index < -0.39 is 9.84 Å². The minimum absolute atomic E-state index is 0.0287. The summed E-state index contributed by atoms with van der Waals surface area (Å²) in [7, 11) is -2.93. The number of sulfone groups is 1. The maximum Gasteiger partial charge on any atom is 0.254 e. The van der Waals surface area contributed by atoms with E-state index in [1.807, 2.05) is 4.90 Å². The van der Waals surface area contributed by atoms with Crippen molar-refractivity contribution >= 4 is 21.6 Å². The number of pyridine rings is 1. The molecule has 3 rings (SSSR count). The van der Waals surface area contributed by atoms with E-state index in [4.69, 9.17) is 0 Å². The molecular formula is C16H23N3O3S. The summed E-state index contributed by atoms with van der Waals surface area (Å²) in [5, 5.41) is 3.14. The van der Waals surface area contributed by atoms with Gasteiger partial charge in [0.05, 0.1) is 11.5 Å². The second-order valence-corrected chi connectivity index (χ2v) is 8.90. The lowest BCUT2D eigenvalue weighted by atomic mass is 9.99. The van der Waals surface area contributed by atoms with Gasteiger partial charge in [-0.15, -0.1) is 0 Å². The summed E-state index contributed by atoms with van der Waals surface area (Å²) in [4.78, 5) is 18.7. The third-order valence-corrected chi connectivity index (χ3v) is 6.30. The minimum Gasteiger partial charge on any atom is -0.366 e. The van der Waals surface area contributed by atoms with Crippen molar-refractivity contribution in [3.8, 4) is 0 Å². The molecular weight excluding hydrogens is 314 g/mol. The second kappa shape index (κ2) is 6.47. The molecule has 2 saturated heterocycles. The molecule has 126 valence electrons. The molecule has 23 heavy (non-hydrogen) atoms. The molecule has 1 aromatic heterocycles. The van der Waals surface area contributed by atoms with Gasteiger partial charge in [0.1, 0.15) is 5.82 Å². The summed E-state index contributed by atoms with van der Waals surface area (Å²) >= 11 is 0. The monoisotopic (exact) mass is 337 g/mol. The Balaban J connectivity index is 1.68. The van der Waals surface area contributed by atoms with Gasteiger partial charge in [0.25, 0.3) is 5.91 Å². The molecule has 2 aliphatic rings. The number of piperidine rings is 1. The summed E-state index contributed by atoms with van der Waals surface area (Å²) in [6.07, 6.45) is 4.41. The van der Waals surface area contributed by atoms with Crippen LogP contribution >= 0.6 is 0 Å². The molecule has 0 aliphatic carbocycles. The van der Waals surface area contributed by atoms with Crippen molar-refractivity contribution in [3.05, 3.63) is 23.9 Å². The van der Waals surface area contributed by atoms with Crippen LogP contribution in [0.15, 0.2) is 18.3 Å². The van der Waals surface area contributed by atoms with Crippen LogP contribution in [0.1, 0.15) is 36.5 Å². The van der Waals surface area contributed by atoms with E-state index >= 15 is 0 Å². The van der Waals surface area contributed by atoms with E-state index in [0.717, 1.165) is 19.5 Å². The third-order valence-electron chi connectivity index (χ3n) is 4.54. The summed E-state index contributed by atoms with van der Waals surface area (Å²) < 4.78 is 23.0. The molecule has 7 heteroatoms. The summed E-state index contributed by atoms with van der Waals surface area (Å²) in [6, 6.07) is 3.33. The quantitative estimate of drug-likeness (QED) is 0.905. The van der Waals surface area contributed by atoms with Crippen molar-refractivity contribution in [1.29, 1.82) is 0 Å². The first-order valence-corrected chi connectivity index (χ1v) is 9.97. The molecule has 1 aromatic rings. The Morgan fingerprint density at radius 3 is 2.91 bits per heavy atom. The summed E-state index contributed by atoms with van der Waals surface area (Å²) in [5.41, 5.74) is 0.609. The van der Waals surface area contributed by atoms with Gasteiger partial charge in [0, 0.05) is 30.9 Å². The third kappa shape index (κ3) is 4.02. The predicted octanol–water partition coefficient (Wildman–Crippen LogP) is 1.55. The molecule has 2 atom stereocenters. The molecule has 6 nitrogen and oxygen atoms in total. The highest BCUT2D eigenvalue weighted by Gasteiger charge is 2.28. The predicted molar refractivity (Wildman–Crippen MR) is 89.2 cm³/mol. The fourth-order valence-electron chi connectivity index (χ4n) is 3.32. The van der Waals surface area contributed by atoms with E-state index in [1.165, 1.54) is 6.42 Å². The molecule has 1 amide bonds. The highest BCUT2D eigenvalue weighted by Crippen LogP contribution is 2.20. The number of hydrogen-bond donors (Lipinski definition) is 1. The Kier molecular flexibility index (Phi) is 4.57. The largest absolute Gasteiger partial charge is 0.366 e. The van der Waals surface area contributed by atoms with Gasteiger partial charge in [-0.3, -0.25) is 4.79 Å². The van der Waals surface area contributed by atoms with Gasteiger partial charge in [0.2, 0.25) is 0 Å². The van der Waals surface area contributed by atoms with Crippen LogP contribution in [0.3, 0.4) is 0 Å². The van der Waals surface area contributed by atoms with E-state index in [2.05, 4.69) is 17.2 Å². The molecule has 1 N–H and O–H groups in total. The van der Waals surface area contributed by atoms with Gasteiger partial charge < -0.3 is 10.2 Å². The normalized spacial score (nSPS) is 26.9. The number of nitrogens with one attached hydrogen (secondary N) is 1. The average molecular weight is 337 g/mol. The van der Waals surface area contributed by atoms with E-state index in [-0.39, 0.29) is 23.5 Å². The van der Waals surface area contributed by atoms with Crippen molar-refractivity contribution in [2.24, 2.45) is 5.92 Å². The van der Waals surface area contributed by atoms with Crippen LogP contribution in [0, 0.1) is 5.92 Å². The molecule has 2 fully saturated rings. The zero-order valence-electron chi connectivity index (χ0n) is 13.4. The highest BCUT2D eigenvalue weighted by molar-refractivity contribution is 7.91. The smallest absolute Gasteiger partial charge is 0.254 e. The van der Waals surface area contributed by atoms with Crippen molar-refractivity contribution in [2.45, 2.75) is 32.2 Å². The zero-order chi connectivity index (χ0) is 16.4. The van der Waals surface area contributed by atoms with Gasteiger partial charge in [-0.1, -0.05) is 6.92 Å². The Labute approximate surface area is 137 Å². The van der Waals surface area contributed by atoms with E-state index in [9.17, 15) is 13.2 Å². The first-order chi connectivity index (χ1) is 10.9. The Hall–Kier alpha value is -1.63. The Morgan fingerprint density at radius 2 is 2.22 bits per heavy atom. The van der Waals surface area contributed by atoms with Crippen molar-refractivity contribution < 1.29 is 13.2 Å². The number of carbonyl (C=O) groups excluding carboxylic acids is 1. The zero-order valence-corrected chi connectivity index (χ0v) is 14.2. The van der Waals surface area contributed by atoms with Crippen LogP contribution in [0.25, 0.3) is 0 Å². The first kappa shape index (κ1) is 16.2. The Morgan fingerprint density at radius 1 is 1.39 bits per heavy atom. The molecule has 3 heterocycles. The fraction of sp³-hybridized carbons (Fsp3) is 0.625. The SMILES string of the molecule is CC1CCCN(C(=O)c2ccnc(NC3CCS(=O)(=O)C3)c2)C1. The number of hydrogen-bond acceptors (Lipinski definition) is 5. The molecule has 0 saturated carbocycles. The average Bonchev–Trinajstić information content (AvgIpc) is 2.85. The van der Waals surface area contributed by atoms with Crippen LogP contribution in [0.4, 0.5) is 5.82 Å². The minimum atomic E-state index is -2.93. The second-order valence-electron chi connectivity index (χ2n) is 6.67. The standard InChI is InChI=1S/C16H23N3O3S/c1-12-3-2-7-19(10-12)16(20)13-4-6-17-15(9-13)18-14-5-8-23(21,22)11-14/h4,6,9,12,14H,2-3,5,7-8,10-11H2,1H3,(H,17,18). The number of rotatable bonds is 3. The number of carbonyl (C=O) groups is 1. The topological polar surface area (TPSA) is 79.4 Å². The van der Waals surface area contributed by atoms with Crippen LogP contribution in [0.5, 0.6) is 0 Å². The maximum atomic E-state index is 12.6. The molecule has 0 aromatic carbocycles. The van der Waals surface area contributed by atoms with E-state index in [0.29, 0.717) is 23.7 Å². The number of amides is 1. The van der Waals surface area contributed by atoms with Gasteiger partial charge in [0.15, 0.2) is 9.84 Å². The van der Waals surface area contributed by atoms with Crippen LogP contribution in [-0.2, 0) is 9.84 Å². The van der Waals surface area contributed by atoms with Crippen LogP contribution in [-0.4, -0.2) is 54.8 Å². The molecule has 0 radical (unpaired) electrons. The van der Waals surface area contributed by atoms with Crippen LogP contribution in [0.2, 0.25) is 0 Å².